The van der Waals surface area contributed by atoms with Crippen LogP contribution in [-0.4, -0.2) is 11.6 Å². The van der Waals surface area contributed by atoms with Crippen molar-refractivity contribution >= 4 is 5.97 Å². The van der Waals surface area contributed by atoms with Crippen molar-refractivity contribution in [2.45, 2.75) is 72.8 Å². The molecule has 2 atom stereocenters. The maximum atomic E-state index is 11.7. The summed E-state index contributed by atoms with van der Waals surface area (Å²) in [5.41, 5.74) is 0.0296. The molecule has 0 aromatic rings. The van der Waals surface area contributed by atoms with E-state index in [1.54, 1.807) is 0 Å². The highest BCUT2D eigenvalue weighted by atomic mass is 16.6. The van der Waals surface area contributed by atoms with Crippen molar-refractivity contribution in [2.24, 2.45) is 17.3 Å². The first-order valence-corrected chi connectivity index (χ1v) is 6.80. The summed E-state index contributed by atoms with van der Waals surface area (Å²) in [6.07, 6.45) is 4.23. The fourth-order valence-electron chi connectivity index (χ4n) is 2.67. The van der Waals surface area contributed by atoms with Crippen LogP contribution in [0.2, 0.25) is 0 Å². The van der Waals surface area contributed by atoms with Gasteiger partial charge >= 0.3 is 5.97 Å². The maximum absolute atomic E-state index is 11.7. The minimum atomic E-state index is -0.348. The van der Waals surface area contributed by atoms with Crippen LogP contribution in [0.4, 0.5) is 0 Å². The minimum absolute atomic E-state index is 0.0305. The fraction of sp³-hybridized carbons (Fsp3) is 0.933. The number of rotatable bonds is 2. The number of carbonyl (C=O) groups is 1. The zero-order valence-corrected chi connectivity index (χ0v) is 12.3. The molecule has 0 spiro atoms. The summed E-state index contributed by atoms with van der Waals surface area (Å²) < 4.78 is 5.38. The van der Waals surface area contributed by atoms with Gasteiger partial charge in [0.15, 0.2) is 0 Å². The van der Waals surface area contributed by atoms with Gasteiger partial charge in [0, 0.05) is 6.42 Å². The van der Waals surface area contributed by atoms with Crippen molar-refractivity contribution in [3.05, 3.63) is 0 Å². The number of carbonyl (C=O) groups excluding carboxylic acids is 1. The molecule has 2 nitrogen and oxygen atoms in total. The van der Waals surface area contributed by atoms with E-state index in [9.17, 15) is 4.79 Å². The van der Waals surface area contributed by atoms with Crippen molar-refractivity contribution in [1.82, 2.24) is 0 Å². The molecule has 2 unspecified atom stereocenters. The lowest BCUT2D eigenvalue weighted by Crippen LogP contribution is -2.25. The van der Waals surface area contributed by atoms with Crippen LogP contribution in [0.3, 0.4) is 0 Å². The summed E-state index contributed by atoms with van der Waals surface area (Å²) in [6.45, 7) is 12.7. The zero-order valence-electron chi connectivity index (χ0n) is 12.3. The molecule has 2 heteroatoms. The molecule has 0 aromatic carbocycles. The summed E-state index contributed by atoms with van der Waals surface area (Å²) in [4.78, 5) is 11.7. The Morgan fingerprint density at radius 2 is 1.71 bits per heavy atom. The lowest BCUT2D eigenvalue weighted by molar-refractivity contribution is -0.155. The molecule has 1 aliphatic rings. The van der Waals surface area contributed by atoms with Gasteiger partial charge in [-0.15, -0.1) is 0 Å². The molecule has 0 amide bonds. The standard InChI is InChI=1S/C15H28O2/c1-14(2,3)12-8-7-11(9-12)10-13(16)17-15(4,5)6/h11-12H,7-10H2,1-6H3. The van der Waals surface area contributed by atoms with E-state index >= 15 is 0 Å². The van der Waals surface area contributed by atoms with E-state index in [0.717, 1.165) is 5.92 Å². The molecule has 17 heavy (non-hydrogen) atoms. The highest BCUT2D eigenvalue weighted by Gasteiger charge is 2.34. The van der Waals surface area contributed by atoms with Gasteiger partial charge in [0.25, 0.3) is 0 Å². The van der Waals surface area contributed by atoms with Gasteiger partial charge in [-0.1, -0.05) is 20.8 Å². The second-order valence-corrected chi connectivity index (χ2v) is 7.53. The molecule has 0 bridgehead atoms. The third kappa shape index (κ3) is 5.10. The van der Waals surface area contributed by atoms with Crippen molar-refractivity contribution in [3.63, 3.8) is 0 Å². The van der Waals surface area contributed by atoms with Gasteiger partial charge in [0.1, 0.15) is 5.60 Å². The number of hydrogen-bond donors (Lipinski definition) is 0. The van der Waals surface area contributed by atoms with Crippen LogP contribution in [0.5, 0.6) is 0 Å². The molecule has 1 aliphatic carbocycles. The van der Waals surface area contributed by atoms with Crippen LogP contribution >= 0.6 is 0 Å². The van der Waals surface area contributed by atoms with Gasteiger partial charge in [-0.2, -0.15) is 0 Å². The Balaban J connectivity index is 2.38. The highest BCUT2D eigenvalue weighted by molar-refractivity contribution is 5.70. The van der Waals surface area contributed by atoms with Crippen LogP contribution in [0.1, 0.15) is 67.2 Å². The molecule has 1 saturated carbocycles. The summed E-state index contributed by atoms with van der Waals surface area (Å²) in [7, 11) is 0. The number of hydrogen-bond acceptors (Lipinski definition) is 2. The average Bonchev–Trinajstić information content (AvgIpc) is 2.47. The molecule has 0 saturated heterocycles. The van der Waals surface area contributed by atoms with Crippen molar-refractivity contribution in [2.75, 3.05) is 0 Å². The lowest BCUT2D eigenvalue weighted by atomic mass is 9.79. The number of ether oxygens (including phenoxy) is 1. The van der Waals surface area contributed by atoms with Crippen LogP contribution in [-0.2, 0) is 9.53 Å². The quantitative estimate of drug-likeness (QED) is 0.677. The Bertz CT molecular complexity index is 268. The van der Waals surface area contributed by atoms with Crippen molar-refractivity contribution < 1.29 is 9.53 Å². The Morgan fingerprint density at radius 1 is 1.12 bits per heavy atom. The third-order valence-corrected chi connectivity index (χ3v) is 3.64. The average molecular weight is 240 g/mol. The second kappa shape index (κ2) is 4.99. The molecule has 1 rings (SSSR count). The predicted molar refractivity (Wildman–Crippen MR) is 70.7 cm³/mol. The molecule has 100 valence electrons. The molecular formula is C15H28O2. The van der Waals surface area contributed by atoms with Gasteiger partial charge in [0.05, 0.1) is 0 Å². The van der Waals surface area contributed by atoms with Gasteiger partial charge in [-0.25, -0.2) is 0 Å². The van der Waals surface area contributed by atoms with Gasteiger partial charge in [-0.05, 0) is 57.3 Å². The van der Waals surface area contributed by atoms with Gasteiger partial charge < -0.3 is 4.74 Å². The van der Waals surface area contributed by atoms with E-state index in [0.29, 0.717) is 17.8 Å². The van der Waals surface area contributed by atoms with Crippen molar-refractivity contribution in [3.8, 4) is 0 Å². The minimum Gasteiger partial charge on any atom is -0.460 e. The van der Waals surface area contributed by atoms with E-state index in [1.807, 2.05) is 20.8 Å². The molecule has 0 aliphatic heterocycles. The molecule has 0 N–H and O–H groups in total. The van der Waals surface area contributed by atoms with Crippen LogP contribution in [0.15, 0.2) is 0 Å². The smallest absolute Gasteiger partial charge is 0.306 e. The normalized spacial score (nSPS) is 26.0. The van der Waals surface area contributed by atoms with Crippen LogP contribution in [0.25, 0.3) is 0 Å². The SMILES string of the molecule is CC(C)(C)OC(=O)CC1CCC(C(C)(C)C)C1. The highest BCUT2D eigenvalue weighted by Crippen LogP contribution is 2.43. The van der Waals surface area contributed by atoms with Gasteiger partial charge in [-0.3, -0.25) is 4.79 Å². The molecular weight excluding hydrogens is 212 g/mol. The van der Waals surface area contributed by atoms with E-state index in [4.69, 9.17) is 4.74 Å². The first-order chi connectivity index (χ1) is 7.58. The molecule has 0 radical (unpaired) electrons. The van der Waals surface area contributed by atoms with Gasteiger partial charge in [0.2, 0.25) is 0 Å². The molecule has 0 aromatic heterocycles. The van der Waals surface area contributed by atoms with Crippen LogP contribution in [0, 0.1) is 17.3 Å². The maximum Gasteiger partial charge on any atom is 0.306 e. The van der Waals surface area contributed by atoms with E-state index in [1.165, 1.54) is 19.3 Å². The van der Waals surface area contributed by atoms with Crippen LogP contribution < -0.4 is 0 Å². The first-order valence-electron chi connectivity index (χ1n) is 6.80. The molecule has 0 heterocycles. The largest absolute Gasteiger partial charge is 0.460 e. The predicted octanol–water partition coefficient (Wildman–Crippen LogP) is 4.18. The summed E-state index contributed by atoms with van der Waals surface area (Å²) in [6, 6.07) is 0. The van der Waals surface area contributed by atoms with E-state index in [-0.39, 0.29) is 11.6 Å². The Morgan fingerprint density at radius 3 is 2.12 bits per heavy atom. The Labute approximate surface area is 106 Å². The molecule has 1 fully saturated rings. The second-order valence-electron chi connectivity index (χ2n) is 7.53. The summed E-state index contributed by atoms with van der Waals surface area (Å²) in [5, 5.41) is 0. The van der Waals surface area contributed by atoms with Crippen molar-refractivity contribution in [1.29, 1.82) is 0 Å². The first kappa shape index (κ1) is 14.5. The van der Waals surface area contributed by atoms with E-state index in [2.05, 4.69) is 20.8 Å². The lowest BCUT2D eigenvalue weighted by Gasteiger charge is -2.27. The fourth-order valence-corrected chi connectivity index (χ4v) is 2.67. The van der Waals surface area contributed by atoms with E-state index < -0.39 is 0 Å². The Hall–Kier alpha value is -0.530. The topological polar surface area (TPSA) is 26.3 Å². The zero-order chi connectivity index (χ0) is 13.3. The summed E-state index contributed by atoms with van der Waals surface area (Å²) >= 11 is 0. The third-order valence-electron chi connectivity index (χ3n) is 3.64. The monoisotopic (exact) mass is 240 g/mol. The summed E-state index contributed by atoms with van der Waals surface area (Å²) in [5.74, 6) is 1.26. The number of esters is 1. The Kier molecular flexibility index (Phi) is 4.27.